The number of hydrogen-bond acceptors (Lipinski definition) is 4. The van der Waals surface area contributed by atoms with Crippen molar-refractivity contribution in [2.24, 2.45) is 0 Å². The van der Waals surface area contributed by atoms with Crippen LogP contribution >= 0.6 is 0 Å². The third kappa shape index (κ3) is 5.19. The minimum absolute atomic E-state index is 0.122. The van der Waals surface area contributed by atoms with Gasteiger partial charge in [-0.3, -0.25) is 9.59 Å². The molecule has 1 N–H and O–H groups in total. The summed E-state index contributed by atoms with van der Waals surface area (Å²) in [6, 6.07) is 23.2. The Morgan fingerprint density at radius 1 is 0.757 bits per heavy atom. The molecule has 1 heterocycles. The third-order valence-electron chi connectivity index (χ3n) is 6.20. The zero-order valence-corrected chi connectivity index (χ0v) is 20.0. The number of aldehydes is 1. The van der Waals surface area contributed by atoms with Gasteiger partial charge in [-0.2, -0.15) is 0 Å². The maximum absolute atomic E-state index is 12.6. The van der Waals surface area contributed by atoms with Crippen LogP contribution in [-0.2, 0) is 11.3 Å². The van der Waals surface area contributed by atoms with Gasteiger partial charge in [-0.25, -0.2) is 0 Å². The molecule has 1 aliphatic rings. The fourth-order valence-electron chi connectivity index (χ4n) is 4.31. The summed E-state index contributed by atoms with van der Waals surface area (Å²) in [5.41, 5.74) is 2.50. The van der Waals surface area contributed by atoms with Gasteiger partial charge in [0.25, 0.3) is 0 Å². The average Bonchev–Trinajstić information content (AvgIpc) is 2.93. The van der Waals surface area contributed by atoms with Crippen molar-refractivity contribution in [3.05, 3.63) is 149 Å². The molecule has 0 spiro atoms. The number of ketones is 1. The Morgan fingerprint density at radius 2 is 1.35 bits per heavy atom. The summed E-state index contributed by atoms with van der Waals surface area (Å²) in [4.78, 5) is 24.1. The summed E-state index contributed by atoms with van der Waals surface area (Å²) < 4.78 is 5.74. The normalized spacial score (nSPS) is 13.8. The topological polar surface area (TPSA) is 63.6 Å². The van der Waals surface area contributed by atoms with Crippen LogP contribution in [0.5, 0.6) is 0 Å². The molecule has 0 fully saturated rings. The van der Waals surface area contributed by atoms with E-state index in [1.54, 1.807) is 54.7 Å². The predicted octanol–water partition coefficient (Wildman–Crippen LogP) is 7.67. The van der Waals surface area contributed by atoms with Crippen LogP contribution in [0.15, 0.2) is 127 Å². The van der Waals surface area contributed by atoms with Gasteiger partial charge >= 0.3 is 0 Å². The Bertz CT molecular complexity index is 1660. The van der Waals surface area contributed by atoms with Gasteiger partial charge in [0.05, 0.1) is 0 Å². The summed E-state index contributed by atoms with van der Waals surface area (Å²) in [5.74, 6) is 0.312. The van der Waals surface area contributed by atoms with Gasteiger partial charge in [0, 0.05) is 22.3 Å². The first-order chi connectivity index (χ1) is 18.1. The summed E-state index contributed by atoms with van der Waals surface area (Å²) >= 11 is 0. The highest BCUT2D eigenvalue weighted by molar-refractivity contribution is 6.11. The molecule has 0 radical (unpaired) electrons. The average molecular weight is 485 g/mol. The molecule has 0 aromatic heterocycles. The molecule has 0 bridgehead atoms. The van der Waals surface area contributed by atoms with Crippen molar-refractivity contribution in [3.63, 3.8) is 0 Å². The predicted molar refractivity (Wildman–Crippen MR) is 149 cm³/mol. The van der Waals surface area contributed by atoms with Gasteiger partial charge in [-0.1, -0.05) is 85.0 Å². The number of carbonyl (C=O) groups is 2. The molecule has 4 aromatic rings. The molecule has 0 saturated carbocycles. The minimum Gasteiger partial charge on any atom is -0.504 e. The molecule has 4 heteroatoms. The summed E-state index contributed by atoms with van der Waals surface area (Å²) in [6.45, 7) is 0.398. The minimum atomic E-state index is -0.230. The number of aliphatic hydroxyl groups excluding tert-OH is 1. The van der Waals surface area contributed by atoms with E-state index in [1.807, 2.05) is 60.7 Å². The first kappa shape index (κ1) is 23.8. The van der Waals surface area contributed by atoms with Crippen molar-refractivity contribution in [3.8, 4) is 0 Å². The van der Waals surface area contributed by atoms with E-state index in [4.69, 9.17) is 4.74 Å². The summed E-state index contributed by atoms with van der Waals surface area (Å²) in [7, 11) is 0. The van der Waals surface area contributed by atoms with E-state index in [2.05, 4.69) is 0 Å². The highest BCUT2D eigenvalue weighted by Gasteiger charge is 2.18. The third-order valence-corrected chi connectivity index (χ3v) is 6.20. The van der Waals surface area contributed by atoms with E-state index in [0.29, 0.717) is 29.8 Å². The van der Waals surface area contributed by atoms with Crippen molar-refractivity contribution in [2.45, 2.75) is 6.61 Å². The Kier molecular flexibility index (Phi) is 6.91. The maximum Gasteiger partial charge on any atom is 0.186 e. The number of fused-ring (bicyclic) bond motifs is 3. The van der Waals surface area contributed by atoms with Crippen LogP contribution in [0.2, 0.25) is 0 Å². The Balaban J connectivity index is 1.22. The lowest BCUT2D eigenvalue weighted by molar-refractivity contribution is 0.103. The molecular formula is C33H24O4. The SMILES string of the molecule is O=Cc1cc2ccccc2cc1C(=O)\C=C/C=C/C=C/C=C/C1=C(O)c2cc3ccccc3cc2CO1. The van der Waals surface area contributed by atoms with Gasteiger partial charge in [0.15, 0.2) is 23.6 Å². The smallest absolute Gasteiger partial charge is 0.186 e. The number of benzene rings is 4. The van der Waals surface area contributed by atoms with Crippen molar-refractivity contribution < 1.29 is 19.4 Å². The van der Waals surface area contributed by atoms with E-state index in [1.165, 1.54) is 6.08 Å². The van der Waals surface area contributed by atoms with Crippen molar-refractivity contribution in [1.82, 2.24) is 0 Å². The quantitative estimate of drug-likeness (QED) is 0.127. The van der Waals surface area contributed by atoms with E-state index in [0.717, 1.165) is 32.7 Å². The molecule has 5 rings (SSSR count). The lowest BCUT2D eigenvalue weighted by Crippen LogP contribution is -2.06. The van der Waals surface area contributed by atoms with Crippen LogP contribution in [-0.4, -0.2) is 17.2 Å². The lowest BCUT2D eigenvalue weighted by Gasteiger charge is -2.19. The molecule has 0 unspecified atom stereocenters. The van der Waals surface area contributed by atoms with E-state index < -0.39 is 0 Å². The number of allylic oxidation sites excluding steroid dienone is 8. The molecule has 0 amide bonds. The molecule has 4 nitrogen and oxygen atoms in total. The number of hydrogen-bond donors (Lipinski definition) is 1. The number of rotatable bonds is 7. The Morgan fingerprint density at radius 3 is 2.05 bits per heavy atom. The molecule has 0 saturated heterocycles. The molecule has 0 aliphatic carbocycles. The second-order valence-electron chi connectivity index (χ2n) is 8.61. The van der Waals surface area contributed by atoms with Crippen LogP contribution in [0.25, 0.3) is 27.3 Å². The lowest BCUT2D eigenvalue weighted by atomic mass is 9.98. The first-order valence-electron chi connectivity index (χ1n) is 11.9. The monoisotopic (exact) mass is 484 g/mol. The van der Waals surface area contributed by atoms with Gasteiger partial charge in [0.2, 0.25) is 0 Å². The zero-order chi connectivity index (χ0) is 25.6. The summed E-state index contributed by atoms with van der Waals surface area (Å²) in [6.07, 6.45) is 14.4. The fourth-order valence-corrected chi connectivity index (χ4v) is 4.31. The number of carbonyl (C=O) groups excluding carboxylic acids is 2. The zero-order valence-electron chi connectivity index (χ0n) is 20.0. The van der Waals surface area contributed by atoms with Crippen LogP contribution in [0, 0.1) is 0 Å². The Hall–Kier alpha value is -4.96. The molecule has 180 valence electrons. The Labute approximate surface area is 214 Å². The van der Waals surface area contributed by atoms with E-state index >= 15 is 0 Å². The molecule has 0 atom stereocenters. The fraction of sp³-hybridized carbons (Fsp3) is 0.0303. The van der Waals surface area contributed by atoms with Crippen LogP contribution in [0.1, 0.15) is 31.8 Å². The first-order valence-corrected chi connectivity index (χ1v) is 11.9. The van der Waals surface area contributed by atoms with E-state index in [9.17, 15) is 14.7 Å². The van der Waals surface area contributed by atoms with E-state index in [-0.39, 0.29) is 11.5 Å². The van der Waals surface area contributed by atoms with Crippen molar-refractivity contribution >= 4 is 39.4 Å². The van der Waals surface area contributed by atoms with Gasteiger partial charge in [0.1, 0.15) is 6.61 Å². The molecule has 4 aromatic carbocycles. The van der Waals surface area contributed by atoms with Gasteiger partial charge in [-0.15, -0.1) is 0 Å². The standard InChI is InChI=1S/C33H24O4/c34-21-27-17-23-11-7-9-13-25(23)19-29(27)31(35)15-5-3-1-2-4-6-16-32-33(36)30-20-26-14-10-8-12-24(26)18-28(30)22-37-32/h1-21,36H,22H2/b3-1+,4-2+,15-5-,16-6+. The molecule has 37 heavy (non-hydrogen) atoms. The molecular weight excluding hydrogens is 460 g/mol. The van der Waals surface area contributed by atoms with Crippen molar-refractivity contribution in [1.29, 1.82) is 0 Å². The van der Waals surface area contributed by atoms with Crippen LogP contribution in [0.3, 0.4) is 0 Å². The number of aliphatic hydroxyl groups is 1. The maximum atomic E-state index is 12.6. The van der Waals surface area contributed by atoms with Gasteiger partial charge < -0.3 is 9.84 Å². The van der Waals surface area contributed by atoms with Crippen molar-refractivity contribution in [2.75, 3.05) is 0 Å². The van der Waals surface area contributed by atoms with Gasteiger partial charge in [-0.05, 0) is 58.0 Å². The van der Waals surface area contributed by atoms with Crippen LogP contribution < -0.4 is 0 Å². The number of ether oxygens (including phenoxy) is 1. The highest BCUT2D eigenvalue weighted by Crippen LogP contribution is 2.32. The second-order valence-corrected chi connectivity index (χ2v) is 8.61. The second kappa shape index (κ2) is 10.8. The highest BCUT2D eigenvalue weighted by atomic mass is 16.5. The van der Waals surface area contributed by atoms with Crippen LogP contribution in [0.4, 0.5) is 0 Å². The largest absolute Gasteiger partial charge is 0.504 e. The molecule has 1 aliphatic heterocycles. The summed E-state index contributed by atoms with van der Waals surface area (Å²) in [5, 5.41) is 14.7.